The summed E-state index contributed by atoms with van der Waals surface area (Å²) in [5.41, 5.74) is 8.64. The molecular weight excluding hydrogens is 446 g/mol. The lowest BCUT2D eigenvalue weighted by atomic mass is 10.1. The number of fused-ring (bicyclic) bond motifs is 3. The normalized spacial score (nSPS) is 13.3. The third-order valence-corrected chi connectivity index (χ3v) is 7.23. The van der Waals surface area contributed by atoms with E-state index in [-0.39, 0.29) is 17.6 Å². The summed E-state index contributed by atoms with van der Waals surface area (Å²) in [5.74, 6) is 0.668. The van der Waals surface area contributed by atoms with Gasteiger partial charge in [-0.05, 0) is 49.4 Å². The van der Waals surface area contributed by atoms with Gasteiger partial charge in [-0.15, -0.1) is 11.3 Å². The van der Waals surface area contributed by atoms with E-state index in [1.807, 2.05) is 0 Å². The van der Waals surface area contributed by atoms with Gasteiger partial charge in [0.2, 0.25) is 11.8 Å². The number of nitrogens with one attached hydrogen (secondary N) is 2. The Morgan fingerprint density at radius 2 is 2.00 bits per heavy atom. The van der Waals surface area contributed by atoms with Crippen LogP contribution in [0.4, 0.5) is 17.2 Å². The van der Waals surface area contributed by atoms with E-state index in [1.54, 1.807) is 29.5 Å². The second-order valence-corrected chi connectivity index (χ2v) is 9.60. The molecule has 1 aliphatic rings. The van der Waals surface area contributed by atoms with Crippen molar-refractivity contribution in [1.82, 2.24) is 9.97 Å². The summed E-state index contributed by atoms with van der Waals surface area (Å²) < 4.78 is 5.31. The van der Waals surface area contributed by atoms with Gasteiger partial charge in [0.1, 0.15) is 16.4 Å². The van der Waals surface area contributed by atoms with E-state index in [2.05, 4.69) is 20.6 Å². The quantitative estimate of drug-likeness (QED) is 0.279. The largest absolute Gasteiger partial charge is 0.495 e. The van der Waals surface area contributed by atoms with Crippen LogP contribution in [-0.4, -0.2) is 34.6 Å². The van der Waals surface area contributed by atoms with Crippen LogP contribution in [0, 0.1) is 0 Å². The second-order valence-electron chi connectivity index (χ2n) is 7.57. The van der Waals surface area contributed by atoms with E-state index in [0.29, 0.717) is 28.1 Å². The number of benzene rings is 1. The summed E-state index contributed by atoms with van der Waals surface area (Å²) in [6, 6.07) is 5.05. The molecular formula is C22H25N5O3S2. The van der Waals surface area contributed by atoms with Gasteiger partial charge in [0.25, 0.3) is 0 Å². The molecule has 0 radical (unpaired) electrons. The highest BCUT2D eigenvalue weighted by Crippen LogP contribution is 2.38. The molecule has 0 spiro atoms. The summed E-state index contributed by atoms with van der Waals surface area (Å²) >= 11 is 2.93. The van der Waals surface area contributed by atoms with Gasteiger partial charge >= 0.3 is 0 Å². The van der Waals surface area contributed by atoms with Crippen LogP contribution in [0.5, 0.6) is 5.75 Å². The van der Waals surface area contributed by atoms with Crippen molar-refractivity contribution in [2.24, 2.45) is 0 Å². The number of carbonyl (C=O) groups excluding carboxylic acids is 2. The number of methoxy groups -OCH3 is 1. The second kappa shape index (κ2) is 9.74. The smallest absolute Gasteiger partial charge is 0.234 e. The zero-order valence-electron chi connectivity index (χ0n) is 18.0. The Hall–Kier alpha value is -2.85. The van der Waals surface area contributed by atoms with Crippen molar-refractivity contribution in [2.45, 2.75) is 44.2 Å². The van der Waals surface area contributed by atoms with Crippen LogP contribution >= 0.6 is 23.1 Å². The number of carbonyl (C=O) groups is 2. The summed E-state index contributed by atoms with van der Waals surface area (Å²) in [7, 11) is 1.52. The molecule has 0 atom stereocenters. The molecule has 8 nitrogen and oxygen atoms in total. The summed E-state index contributed by atoms with van der Waals surface area (Å²) in [6.45, 7) is 1.42. The van der Waals surface area contributed by atoms with E-state index in [4.69, 9.17) is 10.5 Å². The molecule has 10 heteroatoms. The van der Waals surface area contributed by atoms with Gasteiger partial charge in [-0.25, -0.2) is 9.97 Å². The van der Waals surface area contributed by atoms with Gasteiger partial charge in [0.05, 0.1) is 23.9 Å². The van der Waals surface area contributed by atoms with E-state index in [0.717, 1.165) is 23.1 Å². The first-order valence-electron chi connectivity index (χ1n) is 10.4. The molecule has 168 valence electrons. The summed E-state index contributed by atoms with van der Waals surface area (Å²) in [6.07, 6.45) is 5.70. The molecule has 4 rings (SSSR count). The van der Waals surface area contributed by atoms with E-state index >= 15 is 0 Å². The van der Waals surface area contributed by atoms with Gasteiger partial charge in [-0.3, -0.25) is 9.59 Å². The van der Waals surface area contributed by atoms with Crippen molar-refractivity contribution in [2.75, 3.05) is 29.2 Å². The van der Waals surface area contributed by atoms with Gasteiger partial charge in [-0.2, -0.15) is 0 Å². The predicted molar refractivity (Wildman–Crippen MR) is 130 cm³/mol. The number of thioether (sulfide) groups is 1. The first kappa shape index (κ1) is 22.3. The number of aromatic nitrogens is 2. The molecule has 0 aliphatic heterocycles. The van der Waals surface area contributed by atoms with Crippen molar-refractivity contribution < 1.29 is 14.3 Å². The van der Waals surface area contributed by atoms with Crippen molar-refractivity contribution in [1.29, 1.82) is 0 Å². The Morgan fingerprint density at radius 3 is 2.78 bits per heavy atom. The number of nitrogens with zero attached hydrogens (tertiary/aromatic N) is 2. The van der Waals surface area contributed by atoms with Crippen LogP contribution < -0.4 is 21.1 Å². The molecule has 3 aromatic rings. The molecule has 2 heterocycles. The van der Waals surface area contributed by atoms with Crippen LogP contribution in [0.2, 0.25) is 0 Å². The predicted octanol–water partition coefficient (Wildman–Crippen LogP) is 4.24. The van der Waals surface area contributed by atoms with Gasteiger partial charge in [-0.1, -0.05) is 18.2 Å². The Kier molecular flexibility index (Phi) is 6.80. The molecule has 0 saturated heterocycles. The summed E-state index contributed by atoms with van der Waals surface area (Å²) in [5, 5.41) is 6.99. The lowest BCUT2D eigenvalue weighted by Crippen LogP contribution is -2.15. The molecule has 1 aliphatic carbocycles. The van der Waals surface area contributed by atoms with E-state index < -0.39 is 0 Å². The Morgan fingerprint density at radius 1 is 1.19 bits per heavy atom. The van der Waals surface area contributed by atoms with Crippen molar-refractivity contribution in [3.05, 3.63) is 28.6 Å². The number of hydrogen-bond donors (Lipinski definition) is 3. The molecule has 0 bridgehead atoms. The van der Waals surface area contributed by atoms with Crippen molar-refractivity contribution >= 4 is 62.3 Å². The number of nitrogens with two attached hydrogens (primary N) is 1. The third-order valence-electron chi connectivity index (χ3n) is 5.20. The molecule has 4 N–H and O–H groups in total. The number of hydrogen-bond acceptors (Lipinski definition) is 8. The minimum atomic E-state index is -0.238. The van der Waals surface area contributed by atoms with Crippen molar-refractivity contribution in [3.63, 3.8) is 0 Å². The van der Waals surface area contributed by atoms with Gasteiger partial charge in [0.15, 0.2) is 5.16 Å². The Balaban J connectivity index is 1.47. The fourth-order valence-electron chi connectivity index (χ4n) is 3.81. The van der Waals surface area contributed by atoms with Gasteiger partial charge in [0, 0.05) is 17.5 Å². The first-order chi connectivity index (χ1) is 15.4. The number of rotatable bonds is 6. The maximum Gasteiger partial charge on any atom is 0.234 e. The van der Waals surface area contributed by atoms with Gasteiger partial charge < -0.3 is 21.1 Å². The highest BCUT2D eigenvalue weighted by Gasteiger charge is 2.20. The number of amides is 2. The maximum absolute atomic E-state index is 12.6. The molecule has 2 aromatic heterocycles. The zero-order valence-corrected chi connectivity index (χ0v) is 19.6. The summed E-state index contributed by atoms with van der Waals surface area (Å²) in [4.78, 5) is 35.3. The molecule has 0 unspecified atom stereocenters. The topological polar surface area (TPSA) is 119 Å². The van der Waals surface area contributed by atoms with E-state index in [9.17, 15) is 9.59 Å². The molecule has 1 aromatic carbocycles. The zero-order chi connectivity index (χ0) is 22.7. The SMILES string of the molecule is COc1ccc(NC(C)=O)cc1NC(=O)CSc1nc(N)c2c3c(sc2n1)CCCCC3. The minimum Gasteiger partial charge on any atom is -0.495 e. The minimum absolute atomic E-state index is 0.115. The number of aryl methyl sites for hydroxylation is 2. The Labute approximate surface area is 194 Å². The first-order valence-corrected chi connectivity index (χ1v) is 12.2. The molecule has 32 heavy (non-hydrogen) atoms. The number of nitrogen functional groups attached to an aromatic ring is 1. The molecule has 2 amide bonds. The van der Waals surface area contributed by atoms with E-state index in [1.165, 1.54) is 55.5 Å². The monoisotopic (exact) mass is 471 g/mol. The number of ether oxygens (including phenoxy) is 1. The van der Waals surface area contributed by atoms with Crippen LogP contribution in [0.1, 0.15) is 36.6 Å². The van der Waals surface area contributed by atoms with Crippen LogP contribution in [0.3, 0.4) is 0 Å². The molecule has 0 saturated carbocycles. The maximum atomic E-state index is 12.6. The van der Waals surface area contributed by atoms with Crippen LogP contribution in [0.25, 0.3) is 10.2 Å². The Bertz CT molecular complexity index is 1180. The highest BCUT2D eigenvalue weighted by atomic mass is 32.2. The van der Waals surface area contributed by atoms with Crippen molar-refractivity contribution in [3.8, 4) is 5.75 Å². The lowest BCUT2D eigenvalue weighted by molar-refractivity contribution is -0.114. The average Bonchev–Trinajstić information content (AvgIpc) is 2.94. The van der Waals surface area contributed by atoms with Crippen LogP contribution in [-0.2, 0) is 22.4 Å². The average molecular weight is 472 g/mol. The lowest BCUT2D eigenvalue weighted by Gasteiger charge is -2.12. The fraction of sp³-hybridized carbons (Fsp3) is 0.364. The fourth-order valence-corrected chi connectivity index (χ4v) is 5.79. The highest BCUT2D eigenvalue weighted by molar-refractivity contribution is 7.99. The number of thiophene rings is 1. The standard InChI is InChI=1S/C22H25N5O3S2/c1-12(28)24-13-8-9-16(30-2)15(10-13)25-18(29)11-31-22-26-20(23)19-14-6-4-3-5-7-17(14)32-21(19)27-22/h8-10H,3-7,11H2,1-2H3,(H,24,28)(H,25,29)(H2,23,26,27). The van der Waals surface area contributed by atoms with Crippen LogP contribution in [0.15, 0.2) is 23.4 Å². The molecule has 0 fully saturated rings. The third kappa shape index (κ3) is 4.97. The number of anilines is 3.